The van der Waals surface area contributed by atoms with Gasteiger partial charge in [-0.05, 0) is 43.2 Å². The molecule has 1 aromatic carbocycles. The van der Waals surface area contributed by atoms with Crippen molar-refractivity contribution in [3.63, 3.8) is 0 Å². The number of carbonyl (C=O) groups excluding carboxylic acids is 1. The molecule has 1 amide bonds. The number of halogens is 3. The molecule has 1 aliphatic rings. The van der Waals surface area contributed by atoms with Crippen molar-refractivity contribution >= 4 is 6.09 Å². The summed E-state index contributed by atoms with van der Waals surface area (Å²) in [5.74, 6) is -1.40. The van der Waals surface area contributed by atoms with E-state index in [1.807, 2.05) is 6.92 Å². The lowest BCUT2D eigenvalue weighted by Crippen LogP contribution is -2.30. The smallest absolute Gasteiger partial charge is 0.410 e. The lowest BCUT2D eigenvalue weighted by atomic mass is 10.0. The van der Waals surface area contributed by atoms with Crippen molar-refractivity contribution in [2.75, 3.05) is 6.61 Å². The van der Waals surface area contributed by atoms with Gasteiger partial charge in [0.15, 0.2) is 11.6 Å². The second-order valence-corrected chi connectivity index (χ2v) is 6.05. The number of benzene rings is 1. The van der Waals surface area contributed by atoms with Crippen LogP contribution in [-0.4, -0.2) is 35.2 Å². The van der Waals surface area contributed by atoms with E-state index < -0.39 is 24.3 Å². The average Bonchev–Trinajstić information content (AvgIpc) is 2.90. The van der Waals surface area contributed by atoms with Crippen LogP contribution < -0.4 is 4.74 Å². The van der Waals surface area contributed by atoms with Gasteiger partial charge in [0, 0.05) is 17.5 Å². The monoisotopic (exact) mass is 366 g/mol. The van der Waals surface area contributed by atoms with Crippen molar-refractivity contribution in [3.05, 3.63) is 47.5 Å². The molecule has 1 atom stereocenters. The SMILES string of the molecule is Cc1ncc(-c2ccc(F)c(OC(F)F)c2)cc1CN1C(=O)OC[C@@H]1C. The molecule has 0 bridgehead atoms. The Morgan fingerprint density at radius 1 is 1.35 bits per heavy atom. The minimum absolute atomic E-state index is 0.0533. The minimum Gasteiger partial charge on any atom is -0.447 e. The highest BCUT2D eigenvalue weighted by molar-refractivity contribution is 5.70. The normalized spacial score (nSPS) is 16.9. The second kappa shape index (κ2) is 7.23. The van der Waals surface area contributed by atoms with Crippen LogP contribution in [0, 0.1) is 12.7 Å². The van der Waals surface area contributed by atoms with E-state index in [4.69, 9.17) is 4.74 Å². The lowest BCUT2D eigenvalue weighted by molar-refractivity contribution is -0.0521. The summed E-state index contributed by atoms with van der Waals surface area (Å²) in [6.07, 6.45) is 1.17. The molecule has 0 spiro atoms. The second-order valence-electron chi connectivity index (χ2n) is 6.05. The van der Waals surface area contributed by atoms with Gasteiger partial charge < -0.3 is 9.47 Å². The highest BCUT2D eigenvalue weighted by Gasteiger charge is 2.29. The molecular weight excluding hydrogens is 349 g/mol. The molecule has 8 heteroatoms. The Hall–Kier alpha value is -2.77. The molecule has 0 N–H and O–H groups in total. The van der Waals surface area contributed by atoms with Crippen molar-refractivity contribution in [2.45, 2.75) is 33.0 Å². The fourth-order valence-electron chi connectivity index (χ4n) is 2.71. The van der Waals surface area contributed by atoms with Gasteiger partial charge >= 0.3 is 12.7 Å². The molecule has 1 aromatic heterocycles. The molecular formula is C18H17F3N2O3. The molecule has 0 unspecified atom stereocenters. The van der Waals surface area contributed by atoms with Gasteiger partial charge in [0.25, 0.3) is 0 Å². The van der Waals surface area contributed by atoms with Gasteiger partial charge in [-0.2, -0.15) is 8.78 Å². The molecule has 2 aromatic rings. The van der Waals surface area contributed by atoms with Crippen LogP contribution in [0.25, 0.3) is 11.1 Å². The van der Waals surface area contributed by atoms with Gasteiger partial charge in [-0.1, -0.05) is 6.07 Å². The number of amides is 1. The number of pyridine rings is 1. The van der Waals surface area contributed by atoms with E-state index in [9.17, 15) is 18.0 Å². The van der Waals surface area contributed by atoms with Crippen LogP contribution in [0.5, 0.6) is 5.75 Å². The Morgan fingerprint density at radius 3 is 2.77 bits per heavy atom. The Bertz CT molecular complexity index is 829. The van der Waals surface area contributed by atoms with Crippen LogP contribution >= 0.6 is 0 Å². The minimum atomic E-state index is -3.12. The maximum absolute atomic E-state index is 13.6. The first-order chi connectivity index (χ1) is 12.3. The van der Waals surface area contributed by atoms with E-state index in [2.05, 4.69) is 9.72 Å². The number of hydrogen-bond donors (Lipinski definition) is 0. The summed E-state index contributed by atoms with van der Waals surface area (Å²) in [4.78, 5) is 17.7. The first kappa shape index (κ1) is 18.0. The summed E-state index contributed by atoms with van der Waals surface area (Å²) in [7, 11) is 0. The molecule has 2 heterocycles. The van der Waals surface area contributed by atoms with E-state index in [1.165, 1.54) is 12.1 Å². The van der Waals surface area contributed by atoms with E-state index in [-0.39, 0.29) is 6.04 Å². The largest absolute Gasteiger partial charge is 0.447 e. The van der Waals surface area contributed by atoms with Crippen LogP contribution in [0.4, 0.5) is 18.0 Å². The third kappa shape index (κ3) is 3.74. The van der Waals surface area contributed by atoms with Crippen LogP contribution in [0.2, 0.25) is 0 Å². The summed E-state index contributed by atoms with van der Waals surface area (Å²) < 4.78 is 47.6. The number of hydrogen-bond acceptors (Lipinski definition) is 4. The van der Waals surface area contributed by atoms with Gasteiger partial charge in [0.2, 0.25) is 0 Å². The molecule has 1 fully saturated rings. The number of aryl methyl sites for hydroxylation is 1. The maximum Gasteiger partial charge on any atom is 0.410 e. The number of nitrogens with zero attached hydrogens (tertiary/aromatic N) is 2. The van der Waals surface area contributed by atoms with Crippen molar-refractivity contribution in [3.8, 4) is 16.9 Å². The maximum atomic E-state index is 13.6. The van der Waals surface area contributed by atoms with E-state index in [0.29, 0.717) is 24.3 Å². The topological polar surface area (TPSA) is 51.7 Å². The highest BCUT2D eigenvalue weighted by Crippen LogP contribution is 2.29. The molecule has 138 valence electrons. The standard InChI is InChI=1S/C18H17F3N2O3/c1-10-9-25-18(24)23(10)8-14-5-13(7-22-11(14)2)12-3-4-15(19)16(6-12)26-17(20)21/h3-7,10,17H,8-9H2,1-2H3/t10-/m0/s1. The quantitative estimate of drug-likeness (QED) is 0.798. The molecule has 5 nitrogen and oxygen atoms in total. The Morgan fingerprint density at radius 2 is 2.12 bits per heavy atom. The van der Waals surface area contributed by atoms with Crippen molar-refractivity contribution in [1.82, 2.24) is 9.88 Å². The fraction of sp³-hybridized carbons (Fsp3) is 0.333. The van der Waals surface area contributed by atoms with E-state index >= 15 is 0 Å². The van der Waals surface area contributed by atoms with Gasteiger partial charge in [-0.25, -0.2) is 9.18 Å². The predicted octanol–water partition coefficient (Wildman–Crippen LogP) is 4.14. The van der Waals surface area contributed by atoms with Crippen LogP contribution in [-0.2, 0) is 11.3 Å². The first-order valence-corrected chi connectivity index (χ1v) is 7.99. The molecule has 0 radical (unpaired) electrons. The zero-order valence-corrected chi connectivity index (χ0v) is 14.2. The number of carbonyl (C=O) groups is 1. The van der Waals surface area contributed by atoms with Gasteiger partial charge in [0.05, 0.1) is 12.6 Å². The summed E-state index contributed by atoms with van der Waals surface area (Å²) in [6, 6.07) is 5.45. The Labute approximate surface area is 148 Å². The van der Waals surface area contributed by atoms with Gasteiger partial charge in [-0.15, -0.1) is 0 Å². The molecule has 3 rings (SSSR count). The number of alkyl halides is 2. The lowest BCUT2D eigenvalue weighted by Gasteiger charge is -2.19. The third-order valence-electron chi connectivity index (χ3n) is 4.23. The summed E-state index contributed by atoms with van der Waals surface area (Å²) >= 11 is 0. The van der Waals surface area contributed by atoms with Crippen LogP contribution in [0.3, 0.4) is 0 Å². The molecule has 26 heavy (non-hydrogen) atoms. The van der Waals surface area contributed by atoms with Crippen LogP contribution in [0.15, 0.2) is 30.5 Å². The molecule has 0 aliphatic carbocycles. The van der Waals surface area contributed by atoms with Crippen LogP contribution in [0.1, 0.15) is 18.2 Å². The van der Waals surface area contributed by atoms with Gasteiger partial charge in [0.1, 0.15) is 6.61 Å². The van der Waals surface area contributed by atoms with E-state index in [1.54, 1.807) is 24.1 Å². The number of ether oxygens (including phenoxy) is 2. The van der Waals surface area contributed by atoms with Crippen molar-refractivity contribution in [2.24, 2.45) is 0 Å². The third-order valence-corrected chi connectivity index (χ3v) is 4.23. The summed E-state index contributed by atoms with van der Waals surface area (Å²) in [6.45, 7) is 1.21. The average molecular weight is 366 g/mol. The van der Waals surface area contributed by atoms with Crippen molar-refractivity contribution in [1.29, 1.82) is 0 Å². The fourth-order valence-corrected chi connectivity index (χ4v) is 2.71. The van der Waals surface area contributed by atoms with E-state index in [0.717, 1.165) is 17.3 Å². The molecule has 1 saturated heterocycles. The Kier molecular flexibility index (Phi) is 5.01. The molecule has 1 aliphatic heterocycles. The summed E-state index contributed by atoms with van der Waals surface area (Å²) in [5, 5.41) is 0. The zero-order chi connectivity index (χ0) is 18.8. The van der Waals surface area contributed by atoms with Crippen molar-refractivity contribution < 1.29 is 27.4 Å². The number of cyclic esters (lactones) is 1. The Balaban J connectivity index is 1.91. The summed E-state index contributed by atoms with van der Waals surface area (Å²) in [5.41, 5.74) is 2.60. The first-order valence-electron chi connectivity index (χ1n) is 7.99. The van der Waals surface area contributed by atoms with Gasteiger partial charge in [-0.3, -0.25) is 9.88 Å². The predicted molar refractivity (Wildman–Crippen MR) is 87.4 cm³/mol. The highest BCUT2D eigenvalue weighted by atomic mass is 19.3. The molecule has 0 saturated carbocycles. The number of rotatable bonds is 5. The zero-order valence-electron chi connectivity index (χ0n) is 14.2. The number of aromatic nitrogens is 1.